The van der Waals surface area contributed by atoms with E-state index in [9.17, 15) is 4.79 Å². The van der Waals surface area contributed by atoms with Gasteiger partial charge in [-0.15, -0.1) is 0 Å². The van der Waals surface area contributed by atoms with E-state index >= 15 is 0 Å². The van der Waals surface area contributed by atoms with Gasteiger partial charge in [-0.25, -0.2) is 0 Å². The molecule has 0 aromatic heterocycles. The lowest BCUT2D eigenvalue weighted by Crippen LogP contribution is -3.00. The fourth-order valence-corrected chi connectivity index (χ4v) is 1.61. The Bertz CT molecular complexity index is 134. The van der Waals surface area contributed by atoms with Gasteiger partial charge in [-0.05, 0) is 0 Å². The molecule has 0 N–H and O–H groups in total. The van der Waals surface area contributed by atoms with Crippen LogP contribution in [0.5, 0.6) is 0 Å². The Labute approximate surface area is 90.1 Å². The van der Waals surface area contributed by atoms with Crippen molar-refractivity contribution in [2.75, 3.05) is 33.4 Å². The molecular weight excluding hydrogens is 238 g/mol. The normalized spacial score (nSPS) is 10.7. The van der Waals surface area contributed by atoms with E-state index in [1.54, 1.807) is 0 Å². The van der Waals surface area contributed by atoms with Gasteiger partial charge < -0.3 is 21.5 Å². The maximum absolute atomic E-state index is 10.9. The van der Waals surface area contributed by atoms with E-state index in [-0.39, 0.29) is 17.0 Å². The van der Waals surface area contributed by atoms with Crippen LogP contribution < -0.4 is 17.0 Å². The first-order valence-corrected chi connectivity index (χ1v) is 4.90. The summed E-state index contributed by atoms with van der Waals surface area (Å²) in [4.78, 5) is 10.9. The summed E-state index contributed by atoms with van der Waals surface area (Å²) in [5.74, 6) is 0.941. The number of rotatable bonds is 4. The van der Waals surface area contributed by atoms with Crippen molar-refractivity contribution in [2.45, 2.75) is 13.3 Å². The van der Waals surface area contributed by atoms with Crippen LogP contribution in [-0.2, 0) is 4.79 Å². The van der Waals surface area contributed by atoms with Gasteiger partial charge >= 0.3 is 0 Å². The Balaban J connectivity index is 0. The standard InChI is InChI=1S/C8H18NOS.BrH/c1-5-8(10)11-7-6-9(2,3)4;/h5-7H2,1-4H3;1H/q+1;/p-1. The maximum Gasteiger partial charge on any atom is 0.188 e. The molecule has 0 fully saturated rings. The third-order valence-corrected chi connectivity index (χ3v) is 2.31. The minimum absolute atomic E-state index is 0. The zero-order valence-corrected chi connectivity index (χ0v) is 10.7. The Morgan fingerprint density at radius 3 is 2.17 bits per heavy atom. The summed E-state index contributed by atoms with van der Waals surface area (Å²) in [5.41, 5.74) is 0. The van der Waals surface area contributed by atoms with Crippen LogP contribution in [0.4, 0.5) is 0 Å². The summed E-state index contributed by atoms with van der Waals surface area (Å²) in [6.07, 6.45) is 0.655. The molecule has 0 aliphatic rings. The van der Waals surface area contributed by atoms with Gasteiger partial charge in [0.25, 0.3) is 0 Å². The average Bonchev–Trinajstić information content (AvgIpc) is 1.85. The summed E-state index contributed by atoms with van der Waals surface area (Å²) in [6.45, 7) is 2.96. The van der Waals surface area contributed by atoms with Crippen molar-refractivity contribution < 1.29 is 26.3 Å². The maximum atomic E-state index is 10.9. The van der Waals surface area contributed by atoms with Crippen LogP contribution in [0, 0.1) is 0 Å². The van der Waals surface area contributed by atoms with Crippen molar-refractivity contribution in [3.8, 4) is 0 Å². The first kappa shape index (κ1) is 15.0. The third kappa shape index (κ3) is 10.5. The summed E-state index contributed by atoms with van der Waals surface area (Å²) in [6, 6.07) is 0. The van der Waals surface area contributed by atoms with Crippen molar-refractivity contribution >= 4 is 16.9 Å². The number of hydrogen-bond acceptors (Lipinski definition) is 2. The van der Waals surface area contributed by atoms with Gasteiger partial charge in [-0.2, -0.15) is 0 Å². The number of halogens is 1. The van der Waals surface area contributed by atoms with Gasteiger partial charge in [0, 0.05) is 6.42 Å². The highest BCUT2D eigenvalue weighted by molar-refractivity contribution is 8.13. The van der Waals surface area contributed by atoms with E-state index in [0.717, 1.165) is 16.8 Å². The number of hydrogen-bond donors (Lipinski definition) is 0. The molecule has 0 aliphatic heterocycles. The van der Waals surface area contributed by atoms with Gasteiger partial charge in [0.15, 0.2) is 5.12 Å². The first-order valence-electron chi connectivity index (χ1n) is 3.92. The lowest BCUT2D eigenvalue weighted by atomic mass is 10.6. The van der Waals surface area contributed by atoms with Crippen molar-refractivity contribution in [3.63, 3.8) is 0 Å². The molecule has 0 atom stereocenters. The second-order valence-corrected chi connectivity index (χ2v) is 4.74. The van der Waals surface area contributed by atoms with Crippen LogP contribution in [0.25, 0.3) is 0 Å². The highest BCUT2D eigenvalue weighted by atomic mass is 79.9. The van der Waals surface area contributed by atoms with Gasteiger partial charge in [-0.3, -0.25) is 4.79 Å². The molecule has 0 rings (SSSR count). The Hall–Kier alpha value is 0.460. The van der Waals surface area contributed by atoms with Gasteiger partial charge in [0.05, 0.1) is 33.4 Å². The Morgan fingerprint density at radius 1 is 1.33 bits per heavy atom. The molecule has 2 nitrogen and oxygen atoms in total. The van der Waals surface area contributed by atoms with E-state index in [0.29, 0.717) is 11.5 Å². The monoisotopic (exact) mass is 255 g/mol. The minimum Gasteiger partial charge on any atom is -1.00 e. The van der Waals surface area contributed by atoms with Crippen LogP contribution >= 0.6 is 11.8 Å². The number of nitrogens with zero attached hydrogens (tertiary/aromatic N) is 1. The van der Waals surface area contributed by atoms with Gasteiger partial charge in [0.1, 0.15) is 0 Å². The molecule has 0 saturated carbocycles. The molecule has 0 bridgehead atoms. The number of thioether (sulfide) groups is 1. The van der Waals surface area contributed by atoms with Crippen molar-refractivity contribution in [3.05, 3.63) is 0 Å². The molecule has 0 aliphatic carbocycles. The summed E-state index contributed by atoms with van der Waals surface area (Å²) >= 11 is 1.45. The topological polar surface area (TPSA) is 17.1 Å². The third-order valence-electron chi connectivity index (χ3n) is 1.31. The lowest BCUT2D eigenvalue weighted by molar-refractivity contribution is -0.867. The molecule has 74 valence electrons. The van der Waals surface area contributed by atoms with Gasteiger partial charge in [0.2, 0.25) is 0 Å². The average molecular weight is 256 g/mol. The SMILES string of the molecule is CCC(=O)SCC[N+](C)(C)C.[Br-]. The quantitative estimate of drug-likeness (QED) is 0.562. The predicted octanol–water partition coefficient (Wildman–Crippen LogP) is -1.63. The van der Waals surface area contributed by atoms with E-state index < -0.39 is 0 Å². The zero-order chi connectivity index (χ0) is 8.91. The first-order chi connectivity index (χ1) is 4.95. The van der Waals surface area contributed by atoms with E-state index in [2.05, 4.69) is 21.1 Å². The largest absolute Gasteiger partial charge is 1.00 e. The molecule has 12 heavy (non-hydrogen) atoms. The molecule has 0 amide bonds. The fourth-order valence-electron chi connectivity index (χ4n) is 0.535. The van der Waals surface area contributed by atoms with Crippen LogP contribution in [0.3, 0.4) is 0 Å². The molecule has 0 radical (unpaired) electrons. The summed E-state index contributed by atoms with van der Waals surface area (Å²) in [7, 11) is 6.41. The zero-order valence-electron chi connectivity index (χ0n) is 8.26. The Morgan fingerprint density at radius 2 is 1.83 bits per heavy atom. The second kappa shape index (κ2) is 6.92. The van der Waals surface area contributed by atoms with Crippen LogP contribution in [0.15, 0.2) is 0 Å². The lowest BCUT2D eigenvalue weighted by Gasteiger charge is -2.23. The molecule has 0 unspecified atom stereocenters. The molecule has 0 aromatic rings. The van der Waals surface area contributed by atoms with E-state index in [1.165, 1.54) is 11.8 Å². The number of carbonyl (C=O) groups excluding carboxylic acids is 1. The molecule has 0 saturated heterocycles. The highest BCUT2D eigenvalue weighted by Crippen LogP contribution is 2.05. The Kier molecular flexibility index (Phi) is 8.63. The molecule has 0 spiro atoms. The van der Waals surface area contributed by atoms with Crippen molar-refractivity contribution in [2.24, 2.45) is 0 Å². The summed E-state index contributed by atoms with van der Waals surface area (Å²) in [5, 5.41) is 0.304. The van der Waals surface area contributed by atoms with Crippen LogP contribution in [-0.4, -0.2) is 43.0 Å². The van der Waals surface area contributed by atoms with Crippen molar-refractivity contribution in [1.29, 1.82) is 0 Å². The molecule has 4 heteroatoms. The smallest absolute Gasteiger partial charge is 0.188 e. The van der Waals surface area contributed by atoms with Crippen LogP contribution in [0.2, 0.25) is 0 Å². The van der Waals surface area contributed by atoms with E-state index in [1.807, 2.05) is 6.92 Å². The number of carbonyl (C=O) groups is 1. The second-order valence-electron chi connectivity index (χ2n) is 3.59. The molecule has 0 heterocycles. The number of quaternary nitrogens is 1. The minimum atomic E-state index is 0. The molecule has 0 aromatic carbocycles. The van der Waals surface area contributed by atoms with Crippen LogP contribution in [0.1, 0.15) is 13.3 Å². The predicted molar refractivity (Wildman–Crippen MR) is 50.7 cm³/mol. The van der Waals surface area contributed by atoms with Gasteiger partial charge in [-0.1, -0.05) is 18.7 Å². The summed E-state index contributed by atoms with van der Waals surface area (Å²) < 4.78 is 0.935. The van der Waals surface area contributed by atoms with E-state index in [4.69, 9.17) is 0 Å². The van der Waals surface area contributed by atoms with Crippen molar-refractivity contribution in [1.82, 2.24) is 0 Å². The fraction of sp³-hybridized carbons (Fsp3) is 0.875. The molecular formula is C8H18BrNOS. The highest BCUT2D eigenvalue weighted by Gasteiger charge is 2.07.